The van der Waals surface area contributed by atoms with Gasteiger partial charge in [0, 0.05) is 6.42 Å². The fourth-order valence-electron chi connectivity index (χ4n) is 2.14. The molecule has 114 valence electrons. The third kappa shape index (κ3) is 3.00. The molecule has 0 fully saturated rings. The van der Waals surface area contributed by atoms with Crippen molar-refractivity contribution in [2.24, 2.45) is 5.16 Å². The fraction of sp³-hybridized carbons (Fsp3) is 0.312. The number of carbonyl (C=O) groups is 1. The summed E-state index contributed by atoms with van der Waals surface area (Å²) in [6.45, 7) is 4.01. The quantitative estimate of drug-likeness (QED) is 0.940. The number of oxazole rings is 1. The summed E-state index contributed by atoms with van der Waals surface area (Å²) in [6, 6.07) is 9.86. The average Bonchev–Trinajstić information content (AvgIpc) is 3.17. The van der Waals surface area contributed by atoms with Gasteiger partial charge in [-0.2, -0.15) is 4.98 Å². The van der Waals surface area contributed by atoms with Crippen molar-refractivity contribution in [2.75, 3.05) is 5.32 Å². The molecule has 0 saturated heterocycles. The minimum atomic E-state index is -0.351. The fourth-order valence-corrected chi connectivity index (χ4v) is 2.14. The van der Waals surface area contributed by atoms with Crippen molar-refractivity contribution < 1.29 is 14.0 Å². The predicted octanol–water partition coefficient (Wildman–Crippen LogP) is 3.25. The monoisotopic (exact) mass is 299 g/mol. The third-order valence-electron chi connectivity index (χ3n) is 3.44. The number of nitrogens with zero attached hydrogens (tertiary/aromatic N) is 2. The number of nitrogens with one attached hydrogen (secondary N) is 1. The highest BCUT2D eigenvalue weighted by atomic mass is 16.6. The number of benzene rings is 1. The van der Waals surface area contributed by atoms with Crippen LogP contribution in [0, 0.1) is 0 Å². The zero-order valence-electron chi connectivity index (χ0n) is 12.4. The summed E-state index contributed by atoms with van der Waals surface area (Å²) in [7, 11) is 0. The van der Waals surface area contributed by atoms with E-state index in [1.165, 1.54) is 0 Å². The van der Waals surface area contributed by atoms with Crippen LogP contribution in [-0.4, -0.2) is 16.6 Å². The second-order valence-corrected chi connectivity index (χ2v) is 5.43. The first-order valence-corrected chi connectivity index (χ1v) is 7.18. The van der Waals surface area contributed by atoms with Crippen molar-refractivity contribution in [1.82, 2.24) is 4.98 Å². The Bertz CT molecular complexity index is 692. The standard InChI is InChI=1S/C16H17N3O3/c1-10(2)13-9-21-16(17-13)18-15(20)12-8-14(22-19-12)11-6-4-3-5-7-11/h3-7,9-10,14H,8H2,1-2H3,(H,17,18,20). The van der Waals surface area contributed by atoms with Crippen LogP contribution < -0.4 is 5.32 Å². The molecule has 1 aliphatic rings. The predicted molar refractivity (Wildman–Crippen MR) is 81.5 cm³/mol. The van der Waals surface area contributed by atoms with E-state index in [2.05, 4.69) is 15.5 Å². The molecule has 0 radical (unpaired) electrons. The Kier molecular flexibility index (Phi) is 3.91. The Hall–Kier alpha value is -2.63. The van der Waals surface area contributed by atoms with Crippen LogP contribution in [0.15, 0.2) is 46.2 Å². The molecule has 1 unspecified atom stereocenters. The van der Waals surface area contributed by atoms with Gasteiger partial charge in [0.25, 0.3) is 5.91 Å². The van der Waals surface area contributed by atoms with Gasteiger partial charge in [0.2, 0.25) is 0 Å². The first kappa shape index (κ1) is 14.3. The maximum Gasteiger partial charge on any atom is 0.301 e. The highest BCUT2D eigenvalue weighted by Crippen LogP contribution is 2.27. The Labute approximate surface area is 128 Å². The van der Waals surface area contributed by atoms with Crippen LogP contribution in [0.3, 0.4) is 0 Å². The molecular weight excluding hydrogens is 282 g/mol. The summed E-state index contributed by atoms with van der Waals surface area (Å²) in [5, 5.41) is 6.47. The summed E-state index contributed by atoms with van der Waals surface area (Å²) < 4.78 is 5.23. The molecule has 0 bridgehead atoms. The molecule has 1 aromatic carbocycles. The summed E-state index contributed by atoms with van der Waals surface area (Å²) in [4.78, 5) is 21.7. The van der Waals surface area contributed by atoms with Gasteiger partial charge < -0.3 is 9.25 Å². The normalized spacial score (nSPS) is 17.2. The first-order valence-electron chi connectivity index (χ1n) is 7.18. The Balaban J connectivity index is 1.61. The number of hydrogen-bond acceptors (Lipinski definition) is 5. The number of aromatic nitrogens is 1. The zero-order chi connectivity index (χ0) is 15.5. The van der Waals surface area contributed by atoms with Gasteiger partial charge in [0.05, 0.1) is 5.69 Å². The molecule has 1 amide bonds. The second kappa shape index (κ2) is 6.01. The van der Waals surface area contributed by atoms with Crippen molar-refractivity contribution in [2.45, 2.75) is 32.3 Å². The number of anilines is 1. The molecule has 0 spiro atoms. The molecule has 1 aromatic heterocycles. The Morgan fingerprint density at radius 2 is 2.09 bits per heavy atom. The van der Waals surface area contributed by atoms with Crippen molar-refractivity contribution >= 4 is 17.6 Å². The van der Waals surface area contributed by atoms with E-state index in [-0.39, 0.29) is 23.9 Å². The molecule has 6 heteroatoms. The van der Waals surface area contributed by atoms with Gasteiger partial charge in [-0.05, 0) is 11.5 Å². The van der Waals surface area contributed by atoms with Crippen molar-refractivity contribution in [3.05, 3.63) is 47.9 Å². The average molecular weight is 299 g/mol. The number of rotatable bonds is 4. The minimum Gasteiger partial charge on any atom is -0.432 e. The van der Waals surface area contributed by atoms with E-state index in [0.29, 0.717) is 12.1 Å². The molecule has 0 saturated carbocycles. The van der Waals surface area contributed by atoms with E-state index in [4.69, 9.17) is 9.25 Å². The highest BCUT2D eigenvalue weighted by molar-refractivity contribution is 6.43. The molecule has 2 heterocycles. The van der Waals surface area contributed by atoms with Gasteiger partial charge in [-0.15, -0.1) is 0 Å². The van der Waals surface area contributed by atoms with Crippen LogP contribution in [0.5, 0.6) is 0 Å². The van der Waals surface area contributed by atoms with Gasteiger partial charge in [-0.3, -0.25) is 10.1 Å². The van der Waals surface area contributed by atoms with E-state index < -0.39 is 0 Å². The van der Waals surface area contributed by atoms with E-state index >= 15 is 0 Å². The zero-order valence-corrected chi connectivity index (χ0v) is 12.4. The highest BCUT2D eigenvalue weighted by Gasteiger charge is 2.28. The number of hydrogen-bond donors (Lipinski definition) is 1. The summed E-state index contributed by atoms with van der Waals surface area (Å²) in [6.07, 6.45) is 1.74. The largest absolute Gasteiger partial charge is 0.432 e. The Morgan fingerprint density at radius 3 is 2.77 bits per heavy atom. The number of amides is 1. The van der Waals surface area contributed by atoms with Gasteiger partial charge in [-0.1, -0.05) is 49.3 Å². The lowest BCUT2D eigenvalue weighted by atomic mass is 10.0. The molecule has 0 aliphatic carbocycles. The molecule has 1 aliphatic heterocycles. The first-order chi connectivity index (χ1) is 10.6. The van der Waals surface area contributed by atoms with E-state index in [1.807, 2.05) is 44.2 Å². The summed E-state index contributed by atoms with van der Waals surface area (Å²) in [5.41, 5.74) is 2.12. The SMILES string of the molecule is CC(C)c1coc(NC(=O)C2=NOC(c3ccccc3)C2)n1. The van der Waals surface area contributed by atoms with Crippen molar-refractivity contribution in [3.63, 3.8) is 0 Å². The lowest BCUT2D eigenvalue weighted by Crippen LogP contribution is -2.22. The van der Waals surface area contributed by atoms with E-state index in [0.717, 1.165) is 11.3 Å². The molecular formula is C16H17N3O3. The third-order valence-corrected chi connectivity index (χ3v) is 3.44. The number of oxime groups is 1. The minimum absolute atomic E-state index is 0.180. The van der Waals surface area contributed by atoms with Crippen molar-refractivity contribution in [3.8, 4) is 0 Å². The molecule has 2 aromatic rings. The van der Waals surface area contributed by atoms with Gasteiger partial charge in [-0.25, -0.2) is 0 Å². The lowest BCUT2D eigenvalue weighted by Gasteiger charge is -2.07. The van der Waals surface area contributed by atoms with Gasteiger partial charge in [0.1, 0.15) is 12.0 Å². The van der Waals surface area contributed by atoms with Crippen molar-refractivity contribution in [1.29, 1.82) is 0 Å². The molecule has 6 nitrogen and oxygen atoms in total. The van der Waals surface area contributed by atoms with Crippen LogP contribution in [0.1, 0.15) is 43.5 Å². The smallest absolute Gasteiger partial charge is 0.301 e. The van der Waals surface area contributed by atoms with Crippen LogP contribution in [0.2, 0.25) is 0 Å². The van der Waals surface area contributed by atoms with E-state index in [9.17, 15) is 4.79 Å². The second-order valence-electron chi connectivity index (χ2n) is 5.43. The molecule has 1 N–H and O–H groups in total. The molecule has 1 atom stereocenters. The molecule has 22 heavy (non-hydrogen) atoms. The summed E-state index contributed by atoms with van der Waals surface area (Å²) in [5.74, 6) is -0.111. The van der Waals surface area contributed by atoms with Crippen LogP contribution >= 0.6 is 0 Å². The van der Waals surface area contributed by atoms with Gasteiger partial charge in [0.15, 0.2) is 6.10 Å². The maximum absolute atomic E-state index is 12.1. The van der Waals surface area contributed by atoms with E-state index in [1.54, 1.807) is 6.26 Å². The maximum atomic E-state index is 12.1. The lowest BCUT2D eigenvalue weighted by molar-refractivity contribution is -0.110. The summed E-state index contributed by atoms with van der Waals surface area (Å²) >= 11 is 0. The molecule has 3 rings (SSSR count). The van der Waals surface area contributed by atoms with Crippen LogP contribution in [0.25, 0.3) is 0 Å². The topological polar surface area (TPSA) is 76.7 Å². The van der Waals surface area contributed by atoms with Gasteiger partial charge >= 0.3 is 6.01 Å². The van der Waals surface area contributed by atoms with Crippen LogP contribution in [-0.2, 0) is 9.63 Å². The Morgan fingerprint density at radius 1 is 1.32 bits per heavy atom. The number of carbonyl (C=O) groups excluding carboxylic acids is 1. The van der Waals surface area contributed by atoms with Crippen LogP contribution in [0.4, 0.5) is 6.01 Å².